The quantitative estimate of drug-likeness (QED) is 0.470. The predicted molar refractivity (Wildman–Crippen MR) is 54.2 cm³/mol. The Bertz CT molecular complexity index is 570. The van der Waals surface area contributed by atoms with E-state index >= 15 is 0 Å². The summed E-state index contributed by atoms with van der Waals surface area (Å²) in [5, 5.41) is 10.5. The fourth-order valence-electron chi connectivity index (χ4n) is 1.09. The van der Waals surface area contributed by atoms with E-state index < -0.39 is 28.3 Å². The van der Waals surface area contributed by atoms with Crippen molar-refractivity contribution in [1.29, 1.82) is 0 Å². The lowest BCUT2D eigenvalue weighted by Crippen LogP contribution is -2.07. The molecular formula is C10H5F3N2O3. The van der Waals surface area contributed by atoms with Crippen molar-refractivity contribution in [2.45, 2.75) is 6.18 Å². The highest BCUT2D eigenvalue weighted by Gasteiger charge is 2.32. The molecule has 1 aromatic carbocycles. The van der Waals surface area contributed by atoms with Crippen LogP contribution in [0, 0.1) is 22.0 Å². The summed E-state index contributed by atoms with van der Waals surface area (Å²) in [5.74, 6) is 2.78. The lowest BCUT2D eigenvalue weighted by molar-refractivity contribution is -0.385. The zero-order valence-corrected chi connectivity index (χ0v) is 8.62. The second-order valence-corrected chi connectivity index (χ2v) is 3.14. The van der Waals surface area contributed by atoms with Gasteiger partial charge in [-0.2, -0.15) is 13.2 Å². The standard InChI is InChI=1S/C10H5F3N2O3/c11-10(12,13)7-3-6(1-2-9(14)16)4-8(5-7)15(17)18/h3-5H,(H2,14,16). The van der Waals surface area contributed by atoms with Crippen LogP contribution < -0.4 is 5.73 Å². The van der Waals surface area contributed by atoms with Crippen molar-refractivity contribution < 1.29 is 22.9 Å². The maximum atomic E-state index is 12.4. The molecule has 5 nitrogen and oxygen atoms in total. The third kappa shape index (κ3) is 3.48. The first-order valence-corrected chi connectivity index (χ1v) is 4.38. The highest BCUT2D eigenvalue weighted by Crippen LogP contribution is 2.32. The first-order chi connectivity index (χ1) is 8.20. The number of nitro groups is 1. The van der Waals surface area contributed by atoms with Crippen molar-refractivity contribution in [2.24, 2.45) is 5.73 Å². The Hall–Kier alpha value is -2.56. The summed E-state index contributed by atoms with van der Waals surface area (Å²) in [7, 11) is 0. The molecule has 0 spiro atoms. The van der Waals surface area contributed by atoms with Gasteiger partial charge in [-0.15, -0.1) is 0 Å². The van der Waals surface area contributed by atoms with E-state index in [0.717, 1.165) is 6.07 Å². The molecule has 0 heterocycles. The van der Waals surface area contributed by atoms with Crippen molar-refractivity contribution in [1.82, 2.24) is 0 Å². The number of nitrogens with zero attached hydrogens (tertiary/aromatic N) is 1. The minimum absolute atomic E-state index is 0.310. The molecule has 8 heteroatoms. The Kier molecular flexibility index (Phi) is 3.56. The number of non-ortho nitro benzene ring substituents is 1. The van der Waals surface area contributed by atoms with Crippen LogP contribution in [0.25, 0.3) is 0 Å². The van der Waals surface area contributed by atoms with Gasteiger partial charge in [0.25, 0.3) is 11.6 Å². The van der Waals surface area contributed by atoms with Gasteiger partial charge in [0.2, 0.25) is 0 Å². The van der Waals surface area contributed by atoms with Gasteiger partial charge in [-0.25, -0.2) is 0 Å². The van der Waals surface area contributed by atoms with Crippen LogP contribution in [0.5, 0.6) is 0 Å². The molecule has 1 rings (SSSR count). The molecule has 1 amide bonds. The van der Waals surface area contributed by atoms with Crippen LogP contribution in [0.4, 0.5) is 18.9 Å². The topological polar surface area (TPSA) is 86.2 Å². The van der Waals surface area contributed by atoms with Crippen LogP contribution in [-0.2, 0) is 11.0 Å². The molecule has 1 aromatic rings. The number of amides is 1. The van der Waals surface area contributed by atoms with Gasteiger partial charge >= 0.3 is 6.18 Å². The van der Waals surface area contributed by atoms with Crippen molar-refractivity contribution in [2.75, 3.05) is 0 Å². The maximum Gasteiger partial charge on any atom is 0.416 e. The van der Waals surface area contributed by atoms with Gasteiger partial charge in [0.1, 0.15) is 0 Å². The van der Waals surface area contributed by atoms with Gasteiger partial charge in [0, 0.05) is 17.7 Å². The Morgan fingerprint density at radius 2 is 1.94 bits per heavy atom. The molecule has 0 radical (unpaired) electrons. The molecule has 18 heavy (non-hydrogen) atoms. The minimum atomic E-state index is -4.74. The fraction of sp³-hybridized carbons (Fsp3) is 0.100. The smallest absolute Gasteiger partial charge is 0.359 e. The Labute approximate surface area is 98.5 Å². The largest absolute Gasteiger partial charge is 0.416 e. The minimum Gasteiger partial charge on any atom is -0.359 e. The van der Waals surface area contributed by atoms with E-state index in [4.69, 9.17) is 5.73 Å². The number of hydrogen-bond donors (Lipinski definition) is 1. The number of carbonyl (C=O) groups excluding carboxylic acids is 1. The van der Waals surface area contributed by atoms with E-state index in [1.165, 1.54) is 0 Å². The van der Waals surface area contributed by atoms with E-state index in [0.29, 0.717) is 12.1 Å². The Morgan fingerprint density at radius 3 is 2.39 bits per heavy atom. The van der Waals surface area contributed by atoms with Crippen LogP contribution in [-0.4, -0.2) is 10.8 Å². The van der Waals surface area contributed by atoms with E-state index in [1.807, 2.05) is 5.92 Å². The second-order valence-electron chi connectivity index (χ2n) is 3.14. The fourth-order valence-corrected chi connectivity index (χ4v) is 1.09. The predicted octanol–water partition coefficient (Wildman–Crippen LogP) is 1.45. The summed E-state index contributed by atoms with van der Waals surface area (Å²) in [4.78, 5) is 19.9. The summed E-state index contributed by atoms with van der Waals surface area (Å²) < 4.78 is 37.3. The van der Waals surface area contributed by atoms with E-state index in [-0.39, 0.29) is 5.56 Å². The first kappa shape index (κ1) is 13.5. The zero-order valence-electron chi connectivity index (χ0n) is 8.62. The van der Waals surface area contributed by atoms with E-state index in [9.17, 15) is 28.1 Å². The van der Waals surface area contributed by atoms with Crippen LogP contribution in [0.1, 0.15) is 11.1 Å². The monoisotopic (exact) mass is 258 g/mol. The number of hydrogen-bond acceptors (Lipinski definition) is 3. The molecule has 0 unspecified atom stereocenters. The molecule has 94 valence electrons. The Morgan fingerprint density at radius 1 is 1.33 bits per heavy atom. The lowest BCUT2D eigenvalue weighted by Gasteiger charge is -2.06. The Balaban J connectivity index is 3.37. The summed E-state index contributed by atoms with van der Waals surface area (Å²) in [6.07, 6.45) is -4.74. The molecule has 0 saturated carbocycles. The molecular weight excluding hydrogens is 253 g/mol. The molecule has 0 saturated heterocycles. The number of nitro benzene ring substituents is 1. The third-order valence-electron chi connectivity index (χ3n) is 1.79. The average Bonchev–Trinajstić information content (AvgIpc) is 2.24. The third-order valence-corrected chi connectivity index (χ3v) is 1.79. The molecule has 2 N–H and O–H groups in total. The second kappa shape index (κ2) is 4.75. The molecule has 0 bridgehead atoms. The number of carbonyl (C=O) groups is 1. The normalized spacial score (nSPS) is 10.4. The summed E-state index contributed by atoms with van der Waals surface area (Å²) in [6.45, 7) is 0. The van der Waals surface area contributed by atoms with Gasteiger partial charge in [-0.05, 0) is 12.0 Å². The van der Waals surface area contributed by atoms with Crippen molar-refractivity contribution in [3.8, 4) is 11.8 Å². The number of halogens is 3. The van der Waals surface area contributed by atoms with Gasteiger partial charge in [0.15, 0.2) is 0 Å². The van der Waals surface area contributed by atoms with Gasteiger partial charge in [0.05, 0.1) is 10.5 Å². The molecule has 0 fully saturated rings. The van der Waals surface area contributed by atoms with Crippen molar-refractivity contribution >= 4 is 11.6 Å². The van der Waals surface area contributed by atoms with E-state index in [2.05, 4.69) is 0 Å². The van der Waals surface area contributed by atoms with Gasteiger partial charge in [-0.1, -0.05) is 5.92 Å². The van der Waals surface area contributed by atoms with Crippen LogP contribution in [0.3, 0.4) is 0 Å². The molecule has 0 aromatic heterocycles. The van der Waals surface area contributed by atoms with E-state index in [1.54, 1.807) is 5.92 Å². The molecule has 0 atom stereocenters. The summed E-state index contributed by atoms with van der Waals surface area (Å²) in [6, 6.07) is 1.81. The number of primary amides is 1. The van der Waals surface area contributed by atoms with Crippen LogP contribution >= 0.6 is 0 Å². The molecule has 0 aliphatic carbocycles. The zero-order chi connectivity index (χ0) is 13.9. The summed E-state index contributed by atoms with van der Waals surface area (Å²) >= 11 is 0. The van der Waals surface area contributed by atoms with Gasteiger partial charge < -0.3 is 5.73 Å². The van der Waals surface area contributed by atoms with Crippen LogP contribution in [0.2, 0.25) is 0 Å². The van der Waals surface area contributed by atoms with Gasteiger partial charge in [-0.3, -0.25) is 14.9 Å². The average molecular weight is 258 g/mol. The SMILES string of the molecule is NC(=O)C#Cc1cc([N+](=O)[O-])cc(C(F)(F)F)c1. The van der Waals surface area contributed by atoms with Crippen molar-refractivity contribution in [3.05, 3.63) is 39.4 Å². The highest BCUT2D eigenvalue weighted by atomic mass is 19.4. The van der Waals surface area contributed by atoms with Crippen molar-refractivity contribution in [3.63, 3.8) is 0 Å². The highest BCUT2D eigenvalue weighted by molar-refractivity contribution is 5.92. The van der Waals surface area contributed by atoms with Crippen LogP contribution in [0.15, 0.2) is 18.2 Å². The molecule has 0 aliphatic heterocycles. The number of nitrogens with two attached hydrogens (primary N) is 1. The lowest BCUT2D eigenvalue weighted by atomic mass is 10.1. The molecule has 0 aliphatic rings. The number of rotatable bonds is 1. The number of benzene rings is 1. The summed E-state index contributed by atoms with van der Waals surface area (Å²) in [5.41, 5.74) is 2.40. The number of alkyl halides is 3. The maximum absolute atomic E-state index is 12.4. The first-order valence-electron chi connectivity index (χ1n) is 4.38.